The maximum atomic E-state index is 13.0. The van der Waals surface area contributed by atoms with E-state index in [-0.39, 0.29) is 11.2 Å². The molecule has 1 N–H and O–H groups in total. The quantitative estimate of drug-likeness (QED) is 0.524. The summed E-state index contributed by atoms with van der Waals surface area (Å²) < 4.78 is 2.97. The van der Waals surface area contributed by atoms with Crippen LogP contribution < -0.4 is 16.6 Å². The molecule has 0 unspecified atom stereocenters. The van der Waals surface area contributed by atoms with E-state index in [0.29, 0.717) is 31.1 Å². The van der Waals surface area contributed by atoms with Gasteiger partial charge in [-0.25, -0.2) is 4.79 Å². The summed E-state index contributed by atoms with van der Waals surface area (Å²) in [6.07, 6.45) is 5.91. The van der Waals surface area contributed by atoms with Gasteiger partial charge in [-0.15, -0.1) is 0 Å². The first-order chi connectivity index (χ1) is 16.5. The molecule has 1 aromatic heterocycles. The number of benzene rings is 2. The van der Waals surface area contributed by atoms with Crippen molar-refractivity contribution in [3.05, 3.63) is 104 Å². The maximum absolute atomic E-state index is 13.0. The second-order valence-corrected chi connectivity index (χ2v) is 9.31. The molecule has 0 amide bonds. The topological polar surface area (TPSA) is 79.8 Å². The zero-order chi connectivity index (χ0) is 24.0. The van der Waals surface area contributed by atoms with Crippen LogP contribution in [-0.4, -0.2) is 21.7 Å². The van der Waals surface area contributed by atoms with Crippen LogP contribution >= 0.6 is 0 Å². The van der Waals surface area contributed by atoms with Gasteiger partial charge < -0.3 is 5.32 Å². The van der Waals surface area contributed by atoms with Crippen molar-refractivity contribution in [3.63, 3.8) is 0 Å². The highest BCUT2D eigenvalue weighted by atomic mass is 16.2. The van der Waals surface area contributed by atoms with E-state index in [1.165, 1.54) is 4.57 Å². The fourth-order valence-electron chi connectivity index (χ4n) is 4.97. The molecule has 6 heteroatoms. The number of nitrogens with one attached hydrogen (secondary N) is 1. The predicted molar refractivity (Wildman–Crippen MR) is 134 cm³/mol. The molecular weight excluding hydrogens is 424 g/mol. The van der Waals surface area contributed by atoms with Gasteiger partial charge in [0, 0.05) is 24.3 Å². The second-order valence-electron chi connectivity index (χ2n) is 9.31. The Morgan fingerprint density at radius 2 is 1.68 bits per heavy atom. The molecule has 0 aliphatic heterocycles. The Bertz CT molecular complexity index is 1250. The van der Waals surface area contributed by atoms with Gasteiger partial charge in [0.2, 0.25) is 0 Å². The number of rotatable bonds is 8. The van der Waals surface area contributed by atoms with Crippen LogP contribution in [0.3, 0.4) is 0 Å². The van der Waals surface area contributed by atoms with Crippen molar-refractivity contribution in [1.82, 2.24) is 14.5 Å². The van der Waals surface area contributed by atoms with Crippen LogP contribution in [0.4, 0.5) is 0 Å². The monoisotopic (exact) mass is 456 g/mol. The molecular formula is C28H32N4O2. The molecule has 1 aliphatic rings. The summed E-state index contributed by atoms with van der Waals surface area (Å²) >= 11 is 0. The lowest BCUT2D eigenvalue weighted by atomic mass is 9.69. The lowest BCUT2D eigenvalue weighted by Crippen LogP contribution is -2.42. The number of aryl methyl sites for hydroxylation is 1. The van der Waals surface area contributed by atoms with Gasteiger partial charge in [-0.3, -0.25) is 13.9 Å². The molecule has 1 saturated carbocycles. The minimum absolute atomic E-state index is 0.214. The highest BCUT2D eigenvalue weighted by molar-refractivity contribution is 5.33. The zero-order valence-electron chi connectivity index (χ0n) is 19.7. The van der Waals surface area contributed by atoms with E-state index in [1.807, 2.05) is 48.5 Å². The normalized spacial score (nSPS) is 20.1. The Labute approximate surface area is 200 Å². The summed E-state index contributed by atoms with van der Waals surface area (Å²) in [4.78, 5) is 25.6. The Kier molecular flexibility index (Phi) is 7.44. The first-order valence-corrected chi connectivity index (χ1v) is 12.1. The van der Waals surface area contributed by atoms with Crippen molar-refractivity contribution in [3.8, 4) is 6.07 Å². The highest BCUT2D eigenvalue weighted by Gasteiger charge is 2.36. The summed E-state index contributed by atoms with van der Waals surface area (Å²) in [5.74, 6) is 0. The van der Waals surface area contributed by atoms with Gasteiger partial charge in [0.15, 0.2) is 0 Å². The summed E-state index contributed by atoms with van der Waals surface area (Å²) in [6, 6.07) is 22.8. The largest absolute Gasteiger partial charge is 0.331 e. The molecule has 0 atom stereocenters. The molecule has 0 radical (unpaired) electrons. The molecule has 1 fully saturated rings. The third-order valence-corrected chi connectivity index (χ3v) is 6.98. The third kappa shape index (κ3) is 5.21. The molecule has 0 saturated heterocycles. The molecule has 34 heavy (non-hydrogen) atoms. The van der Waals surface area contributed by atoms with Gasteiger partial charge in [0.05, 0.1) is 18.0 Å². The van der Waals surface area contributed by atoms with E-state index >= 15 is 0 Å². The van der Waals surface area contributed by atoms with Crippen LogP contribution in [0.5, 0.6) is 0 Å². The van der Waals surface area contributed by atoms with E-state index in [4.69, 9.17) is 0 Å². The Balaban J connectivity index is 1.33. The van der Waals surface area contributed by atoms with Crippen molar-refractivity contribution in [2.24, 2.45) is 0 Å². The van der Waals surface area contributed by atoms with Crippen molar-refractivity contribution < 1.29 is 0 Å². The van der Waals surface area contributed by atoms with Crippen molar-refractivity contribution >= 4 is 0 Å². The Morgan fingerprint density at radius 3 is 2.32 bits per heavy atom. The van der Waals surface area contributed by atoms with Crippen molar-refractivity contribution in [1.29, 1.82) is 5.26 Å². The zero-order valence-corrected chi connectivity index (χ0v) is 19.7. The SMILES string of the molecule is Cc1cn(Cc2ccccc2)c(=O)n(CCCN[C@H]2CC[C@](C#N)(c3ccccc3)CC2)c1=O. The minimum Gasteiger partial charge on any atom is -0.314 e. The summed E-state index contributed by atoms with van der Waals surface area (Å²) in [5.41, 5.74) is 1.84. The van der Waals surface area contributed by atoms with Gasteiger partial charge >= 0.3 is 5.69 Å². The van der Waals surface area contributed by atoms with E-state index < -0.39 is 5.41 Å². The molecule has 1 heterocycles. The molecule has 0 spiro atoms. The molecule has 1 aliphatic carbocycles. The minimum atomic E-state index is -0.391. The first-order valence-electron chi connectivity index (χ1n) is 12.1. The number of nitriles is 1. The molecule has 2 aromatic carbocycles. The molecule has 6 nitrogen and oxygen atoms in total. The van der Waals surface area contributed by atoms with Crippen LogP contribution in [0.15, 0.2) is 76.4 Å². The number of aromatic nitrogens is 2. The van der Waals surface area contributed by atoms with Crippen LogP contribution in [0.2, 0.25) is 0 Å². The lowest BCUT2D eigenvalue weighted by molar-refractivity contribution is 0.294. The Hall–Kier alpha value is -3.43. The number of hydrogen-bond acceptors (Lipinski definition) is 4. The van der Waals surface area contributed by atoms with E-state index in [2.05, 4.69) is 23.5 Å². The van der Waals surface area contributed by atoms with Gasteiger partial charge in [-0.05, 0) is 56.7 Å². The average Bonchev–Trinajstić information content (AvgIpc) is 2.88. The van der Waals surface area contributed by atoms with Crippen LogP contribution in [0.25, 0.3) is 0 Å². The van der Waals surface area contributed by atoms with Gasteiger partial charge in [0.1, 0.15) is 0 Å². The van der Waals surface area contributed by atoms with Crippen molar-refractivity contribution in [2.45, 2.75) is 63.6 Å². The summed E-state index contributed by atoms with van der Waals surface area (Å²) in [6.45, 7) is 3.32. The maximum Gasteiger partial charge on any atom is 0.331 e. The smallest absolute Gasteiger partial charge is 0.314 e. The summed E-state index contributed by atoms with van der Waals surface area (Å²) in [5, 5.41) is 13.5. The molecule has 0 bridgehead atoms. The fraction of sp³-hybridized carbons (Fsp3) is 0.393. The number of nitrogens with zero attached hydrogens (tertiary/aromatic N) is 3. The molecule has 3 aromatic rings. The lowest BCUT2D eigenvalue weighted by Gasteiger charge is -2.35. The standard InChI is InChI=1S/C28H32N4O2/c1-22-19-31(20-23-9-4-2-5-10-23)27(34)32(26(22)33)18-8-17-30-25-13-15-28(21-29,16-14-25)24-11-6-3-7-12-24/h2-7,9-12,19,25,30H,8,13-18,20H2,1H3/t25-,28-. The van der Waals surface area contributed by atoms with E-state index in [9.17, 15) is 14.9 Å². The first kappa shape index (κ1) is 23.7. The average molecular weight is 457 g/mol. The van der Waals surface area contributed by atoms with Gasteiger partial charge in [-0.2, -0.15) is 5.26 Å². The second kappa shape index (κ2) is 10.7. The highest BCUT2D eigenvalue weighted by Crippen LogP contribution is 2.38. The molecule has 4 rings (SSSR count). The van der Waals surface area contributed by atoms with E-state index in [0.717, 1.165) is 43.4 Å². The van der Waals surface area contributed by atoms with E-state index in [1.54, 1.807) is 17.7 Å². The van der Waals surface area contributed by atoms with Crippen LogP contribution in [-0.2, 0) is 18.5 Å². The van der Waals surface area contributed by atoms with Crippen LogP contribution in [0, 0.1) is 18.3 Å². The summed E-state index contributed by atoms with van der Waals surface area (Å²) in [7, 11) is 0. The molecule has 176 valence electrons. The Morgan fingerprint density at radius 1 is 1.03 bits per heavy atom. The van der Waals surface area contributed by atoms with Gasteiger partial charge in [-0.1, -0.05) is 60.7 Å². The van der Waals surface area contributed by atoms with Crippen LogP contribution in [0.1, 0.15) is 48.8 Å². The van der Waals surface area contributed by atoms with Crippen molar-refractivity contribution in [2.75, 3.05) is 6.54 Å². The predicted octanol–water partition coefficient (Wildman–Crippen LogP) is 3.75. The van der Waals surface area contributed by atoms with Gasteiger partial charge in [0.25, 0.3) is 5.56 Å². The fourth-order valence-corrected chi connectivity index (χ4v) is 4.97. The number of hydrogen-bond donors (Lipinski definition) is 1. The third-order valence-electron chi connectivity index (χ3n) is 6.98.